The van der Waals surface area contributed by atoms with E-state index in [2.05, 4.69) is 25.4 Å². The fourth-order valence-corrected chi connectivity index (χ4v) is 4.55. The molecule has 2 heterocycles. The van der Waals surface area contributed by atoms with Gasteiger partial charge in [0.15, 0.2) is 5.82 Å². The number of hydrogen-bond donors (Lipinski definition) is 2. The van der Waals surface area contributed by atoms with Gasteiger partial charge in [0.1, 0.15) is 5.82 Å². The summed E-state index contributed by atoms with van der Waals surface area (Å²) < 4.78 is 0. The molecule has 2 fully saturated rings. The van der Waals surface area contributed by atoms with Crippen LogP contribution < -0.4 is 5.32 Å². The third kappa shape index (κ3) is 4.38. The van der Waals surface area contributed by atoms with Crippen LogP contribution in [0.15, 0.2) is 30.3 Å². The van der Waals surface area contributed by atoms with E-state index in [-0.39, 0.29) is 18.0 Å². The number of rotatable bonds is 5. The molecule has 144 valence electrons. The molecule has 2 N–H and O–H groups in total. The SMILES string of the molecule is Cc1nc([C@@H]2C[C@H](NC(=O)c3ccccc3)CN2CC2CCCCC2)n[nH]1. The number of nitrogens with zero attached hydrogens (tertiary/aromatic N) is 3. The minimum absolute atomic E-state index is 0.00466. The molecule has 1 saturated heterocycles. The molecule has 1 aliphatic heterocycles. The Bertz CT molecular complexity index is 753. The highest BCUT2D eigenvalue weighted by Crippen LogP contribution is 2.34. The Morgan fingerprint density at radius 3 is 2.70 bits per heavy atom. The third-order valence-electron chi connectivity index (χ3n) is 5.90. The summed E-state index contributed by atoms with van der Waals surface area (Å²) in [5.74, 6) is 2.47. The van der Waals surface area contributed by atoms with Crippen LogP contribution in [-0.4, -0.2) is 45.1 Å². The second-order valence-corrected chi connectivity index (χ2v) is 8.02. The zero-order valence-electron chi connectivity index (χ0n) is 16.0. The van der Waals surface area contributed by atoms with Crippen molar-refractivity contribution in [2.75, 3.05) is 13.1 Å². The first-order valence-electron chi connectivity index (χ1n) is 10.2. The Kier molecular flexibility index (Phi) is 5.53. The lowest BCUT2D eigenvalue weighted by atomic mass is 9.89. The van der Waals surface area contributed by atoms with Gasteiger partial charge in [-0.05, 0) is 44.2 Å². The van der Waals surface area contributed by atoms with Crippen LogP contribution in [0.25, 0.3) is 0 Å². The number of benzene rings is 1. The van der Waals surface area contributed by atoms with Crippen LogP contribution in [0.2, 0.25) is 0 Å². The predicted octanol–water partition coefficient (Wildman–Crippen LogP) is 3.24. The van der Waals surface area contributed by atoms with Gasteiger partial charge in [0.25, 0.3) is 5.91 Å². The zero-order valence-corrected chi connectivity index (χ0v) is 16.0. The lowest BCUT2D eigenvalue weighted by Crippen LogP contribution is -2.38. The van der Waals surface area contributed by atoms with Crippen LogP contribution in [0, 0.1) is 12.8 Å². The van der Waals surface area contributed by atoms with E-state index in [9.17, 15) is 4.79 Å². The Balaban J connectivity index is 1.45. The third-order valence-corrected chi connectivity index (χ3v) is 5.90. The maximum Gasteiger partial charge on any atom is 0.251 e. The highest BCUT2D eigenvalue weighted by atomic mass is 16.1. The number of H-pyrrole nitrogens is 1. The maximum atomic E-state index is 12.6. The summed E-state index contributed by atoms with van der Waals surface area (Å²) in [5, 5.41) is 10.6. The normalized spacial score (nSPS) is 24.2. The van der Waals surface area contributed by atoms with Gasteiger partial charge in [-0.3, -0.25) is 14.8 Å². The number of aromatic nitrogens is 3. The van der Waals surface area contributed by atoms with Gasteiger partial charge in [0.2, 0.25) is 0 Å². The monoisotopic (exact) mass is 367 g/mol. The highest BCUT2D eigenvalue weighted by Gasteiger charge is 2.37. The second-order valence-electron chi connectivity index (χ2n) is 8.02. The Labute approximate surface area is 160 Å². The van der Waals surface area contributed by atoms with Crippen molar-refractivity contribution in [3.8, 4) is 0 Å². The van der Waals surface area contributed by atoms with Gasteiger partial charge in [-0.2, -0.15) is 5.10 Å². The number of aromatic amines is 1. The van der Waals surface area contributed by atoms with E-state index in [1.54, 1.807) is 0 Å². The van der Waals surface area contributed by atoms with E-state index >= 15 is 0 Å². The number of aryl methyl sites for hydroxylation is 1. The lowest BCUT2D eigenvalue weighted by molar-refractivity contribution is 0.0937. The Hall–Kier alpha value is -2.21. The number of carbonyl (C=O) groups is 1. The van der Waals surface area contributed by atoms with Crippen LogP contribution in [0.1, 0.15) is 66.6 Å². The van der Waals surface area contributed by atoms with Crippen molar-refractivity contribution in [1.82, 2.24) is 25.4 Å². The zero-order chi connectivity index (χ0) is 18.6. The maximum absolute atomic E-state index is 12.6. The van der Waals surface area contributed by atoms with Crippen LogP contribution in [0.5, 0.6) is 0 Å². The summed E-state index contributed by atoms with van der Waals surface area (Å²) >= 11 is 0. The first-order chi connectivity index (χ1) is 13.2. The fraction of sp³-hybridized carbons (Fsp3) is 0.571. The highest BCUT2D eigenvalue weighted by molar-refractivity contribution is 5.94. The number of amides is 1. The molecule has 0 unspecified atom stereocenters. The lowest BCUT2D eigenvalue weighted by Gasteiger charge is -2.29. The number of nitrogens with one attached hydrogen (secondary N) is 2. The summed E-state index contributed by atoms with van der Waals surface area (Å²) in [5.41, 5.74) is 0.716. The molecule has 1 aliphatic carbocycles. The van der Waals surface area contributed by atoms with Gasteiger partial charge in [-0.25, -0.2) is 4.98 Å². The molecule has 6 nitrogen and oxygen atoms in total. The second kappa shape index (κ2) is 8.21. The van der Waals surface area contributed by atoms with Crippen molar-refractivity contribution in [2.45, 2.75) is 57.5 Å². The van der Waals surface area contributed by atoms with E-state index in [0.29, 0.717) is 5.56 Å². The molecule has 1 saturated carbocycles. The molecule has 0 spiro atoms. The molecule has 1 amide bonds. The molecular weight excluding hydrogens is 338 g/mol. The number of hydrogen-bond acceptors (Lipinski definition) is 4. The van der Waals surface area contributed by atoms with Gasteiger partial charge >= 0.3 is 0 Å². The van der Waals surface area contributed by atoms with Crippen molar-refractivity contribution < 1.29 is 4.79 Å². The van der Waals surface area contributed by atoms with Crippen molar-refractivity contribution in [2.24, 2.45) is 5.92 Å². The summed E-state index contributed by atoms with van der Waals surface area (Å²) in [4.78, 5) is 19.7. The van der Waals surface area contributed by atoms with Crippen LogP contribution in [0.3, 0.4) is 0 Å². The minimum atomic E-state index is 0.00466. The van der Waals surface area contributed by atoms with E-state index < -0.39 is 0 Å². The number of likely N-dealkylation sites (tertiary alicyclic amines) is 1. The molecule has 1 aromatic carbocycles. The van der Waals surface area contributed by atoms with E-state index in [4.69, 9.17) is 0 Å². The van der Waals surface area contributed by atoms with Crippen molar-refractivity contribution in [3.05, 3.63) is 47.5 Å². The van der Waals surface area contributed by atoms with Crippen molar-refractivity contribution in [3.63, 3.8) is 0 Å². The quantitative estimate of drug-likeness (QED) is 0.851. The van der Waals surface area contributed by atoms with Gasteiger partial charge in [0, 0.05) is 24.7 Å². The minimum Gasteiger partial charge on any atom is -0.348 e. The van der Waals surface area contributed by atoms with Gasteiger partial charge in [0.05, 0.1) is 6.04 Å². The van der Waals surface area contributed by atoms with Crippen molar-refractivity contribution in [1.29, 1.82) is 0 Å². The largest absolute Gasteiger partial charge is 0.348 e. The van der Waals surface area contributed by atoms with E-state index in [0.717, 1.165) is 37.1 Å². The van der Waals surface area contributed by atoms with Crippen molar-refractivity contribution >= 4 is 5.91 Å². The smallest absolute Gasteiger partial charge is 0.251 e. The van der Waals surface area contributed by atoms with Crippen LogP contribution >= 0.6 is 0 Å². The number of carbonyl (C=O) groups excluding carboxylic acids is 1. The van der Waals surface area contributed by atoms with Crippen LogP contribution in [0.4, 0.5) is 0 Å². The molecule has 4 rings (SSSR count). The molecular formula is C21H29N5O. The Morgan fingerprint density at radius 2 is 2.00 bits per heavy atom. The molecule has 1 aromatic heterocycles. The Morgan fingerprint density at radius 1 is 1.22 bits per heavy atom. The van der Waals surface area contributed by atoms with Gasteiger partial charge in [-0.15, -0.1) is 0 Å². The average Bonchev–Trinajstić information content (AvgIpc) is 3.29. The molecule has 2 aliphatic rings. The van der Waals surface area contributed by atoms with Gasteiger partial charge in [-0.1, -0.05) is 37.5 Å². The molecule has 6 heteroatoms. The molecule has 2 atom stereocenters. The topological polar surface area (TPSA) is 73.9 Å². The molecule has 27 heavy (non-hydrogen) atoms. The van der Waals surface area contributed by atoms with Gasteiger partial charge < -0.3 is 5.32 Å². The standard InChI is InChI=1S/C21H29N5O/c1-15-22-20(25-24-15)19-12-18(23-21(27)17-10-6-3-7-11-17)14-26(19)13-16-8-4-2-5-9-16/h3,6-7,10-11,16,18-19H,2,4-5,8-9,12-14H2,1H3,(H,23,27)(H,22,24,25)/t18-,19-/m0/s1. The molecule has 0 bridgehead atoms. The first-order valence-corrected chi connectivity index (χ1v) is 10.2. The summed E-state index contributed by atoms with van der Waals surface area (Å²) in [6.07, 6.45) is 7.56. The summed E-state index contributed by atoms with van der Waals surface area (Å²) in [6, 6.07) is 9.76. The average molecular weight is 367 g/mol. The predicted molar refractivity (Wildman–Crippen MR) is 104 cm³/mol. The molecule has 0 radical (unpaired) electrons. The summed E-state index contributed by atoms with van der Waals surface area (Å²) in [6.45, 7) is 3.88. The molecule has 2 aromatic rings. The first kappa shape index (κ1) is 18.2. The summed E-state index contributed by atoms with van der Waals surface area (Å²) in [7, 11) is 0. The fourth-order valence-electron chi connectivity index (χ4n) is 4.55. The van der Waals surface area contributed by atoms with E-state index in [1.165, 1.54) is 32.1 Å². The van der Waals surface area contributed by atoms with Crippen LogP contribution in [-0.2, 0) is 0 Å². The van der Waals surface area contributed by atoms with E-state index in [1.807, 2.05) is 37.3 Å².